The average molecular weight is 216 g/mol. The summed E-state index contributed by atoms with van der Waals surface area (Å²) in [5.74, 6) is 0. The van der Waals surface area contributed by atoms with Crippen LogP contribution in [0, 0.1) is 0 Å². The molecular formula is C8H15F3O3. The minimum Gasteiger partial charge on any atom is -0.382 e. The average Bonchev–Trinajstić information content (AvgIpc) is 2.09. The van der Waals surface area contributed by atoms with Crippen molar-refractivity contribution in [2.24, 2.45) is 0 Å². The van der Waals surface area contributed by atoms with Gasteiger partial charge in [0.15, 0.2) is 6.10 Å². The first-order valence-electron chi connectivity index (χ1n) is 4.23. The Kier molecular flexibility index (Phi) is 6.86. The van der Waals surface area contributed by atoms with Crippen LogP contribution < -0.4 is 0 Å². The lowest BCUT2D eigenvalue weighted by Gasteiger charge is -2.16. The molecule has 0 aliphatic carbocycles. The summed E-state index contributed by atoms with van der Waals surface area (Å²) < 4.78 is 49.8. The first-order chi connectivity index (χ1) is 6.48. The largest absolute Gasteiger partial charge is 0.414 e. The number of methoxy groups -OCH3 is 1. The van der Waals surface area contributed by atoms with Gasteiger partial charge in [0.2, 0.25) is 0 Å². The van der Waals surface area contributed by atoms with Gasteiger partial charge < -0.3 is 14.2 Å². The van der Waals surface area contributed by atoms with Crippen molar-refractivity contribution in [1.29, 1.82) is 0 Å². The summed E-state index contributed by atoms with van der Waals surface area (Å²) in [6, 6.07) is 0. The topological polar surface area (TPSA) is 27.7 Å². The molecular weight excluding hydrogens is 201 g/mol. The van der Waals surface area contributed by atoms with Crippen molar-refractivity contribution in [3.8, 4) is 0 Å². The molecule has 86 valence electrons. The maximum absolute atomic E-state index is 11.9. The van der Waals surface area contributed by atoms with Gasteiger partial charge in [-0.05, 0) is 6.92 Å². The van der Waals surface area contributed by atoms with Gasteiger partial charge >= 0.3 is 6.18 Å². The molecule has 6 heteroatoms. The molecule has 0 aliphatic heterocycles. The molecule has 0 saturated carbocycles. The molecule has 0 aromatic rings. The van der Waals surface area contributed by atoms with E-state index in [0.717, 1.165) is 6.92 Å². The second-order valence-corrected chi connectivity index (χ2v) is 2.66. The van der Waals surface area contributed by atoms with Gasteiger partial charge in [-0.15, -0.1) is 0 Å². The standard InChI is InChI=1S/C8H15F3O3/c1-7(8(9,10)11)14-6-5-13-4-3-12-2/h7H,3-6H2,1-2H3. The SMILES string of the molecule is COCCOCCOC(C)C(F)(F)F. The Balaban J connectivity index is 3.28. The van der Waals surface area contributed by atoms with Crippen molar-refractivity contribution in [1.82, 2.24) is 0 Å². The summed E-state index contributed by atoms with van der Waals surface area (Å²) in [4.78, 5) is 0. The van der Waals surface area contributed by atoms with Crippen LogP contribution >= 0.6 is 0 Å². The third kappa shape index (κ3) is 7.11. The number of alkyl halides is 3. The zero-order chi connectivity index (χ0) is 11.0. The molecule has 0 fully saturated rings. The van der Waals surface area contributed by atoms with E-state index in [1.165, 1.54) is 7.11 Å². The van der Waals surface area contributed by atoms with Gasteiger partial charge in [-0.1, -0.05) is 0 Å². The van der Waals surface area contributed by atoms with Gasteiger partial charge in [0.25, 0.3) is 0 Å². The molecule has 0 aromatic carbocycles. The van der Waals surface area contributed by atoms with Crippen molar-refractivity contribution in [3.05, 3.63) is 0 Å². The van der Waals surface area contributed by atoms with Gasteiger partial charge in [0.05, 0.1) is 26.4 Å². The second kappa shape index (κ2) is 7.03. The highest BCUT2D eigenvalue weighted by molar-refractivity contribution is 4.59. The Morgan fingerprint density at radius 3 is 2.14 bits per heavy atom. The molecule has 0 saturated heterocycles. The minimum absolute atomic E-state index is 0.0651. The Hall–Kier alpha value is -0.330. The highest BCUT2D eigenvalue weighted by Gasteiger charge is 2.36. The first-order valence-corrected chi connectivity index (χ1v) is 4.23. The van der Waals surface area contributed by atoms with Gasteiger partial charge in [-0.2, -0.15) is 13.2 Å². The lowest BCUT2D eigenvalue weighted by molar-refractivity contribution is -0.216. The van der Waals surface area contributed by atoms with E-state index in [2.05, 4.69) is 9.47 Å². The van der Waals surface area contributed by atoms with Crippen molar-refractivity contribution < 1.29 is 27.4 Å². The third-order valence-corrected chi connectivity index (χ3v) is 1.49. The van der Waals surface area contributed by atoms with Crippen LogP contribution in [0.4, 0.5) is 13.2 Å². The Labute approximate surface area is 81.1 Å². The monoisotopic (exact) mass is 216 g/mol. The molecule has 0 bridgehead atoms. The molecule has 0 aliphatic rings. The molecule has 1 unspecified atom stereocenters. The van der Waals surface area contributed by atoms with E-state index in [9.17, 15) is 13.2 Å². The predicted molar refractivity (Wildman–Crippen MR) is 44.2 cm³/mol. The normalized spacial score (nSPS) is 14.4. The van der Waals surface area contributed by atoms with E-state index in [0.29, 0.717) is 13.2 Å². The summed E-state index contributed by atoms with van der Waals surface area (Å²) in [5, 5.41) is 0. The van der Waals surface area contributed by atoms with Crippen LogP contribution in [0.2, 0.25) is 0 Å². The molecule has 0 aromatic heterocycles. The van der Waals surface area contributed by atoms with Crippen LogP contribution in [0.1, 0.15) is 6.92 Å². The molecule has 0 spiro atoms. The predicted octanol–water partition coefficient (Wildman–Crippen LogP) is 1.62. The van der Waals surface area contributed by atoms with Crippen molar-refractivity contribution in [2.75, 3.05) is 33.5 Å². The highest BCUT2D eigenvalue weighted by atomic mass is 19.4. The van der Waals surface area contributed by atoms with Gasteiger partial charge in [0, 0.05) is 7.11 Å². The fraction of sp³-hybridized carbons (Fsp3) is 1.00. The Morgan fingerprint density at radius 1 is 1.07 bits per heavy atom. The zero-order valence-corrected chi connectivity index (χ0v) is 8.26. The number of hydrogen-bond acceptors (Lipinski definition) is 3. The highest BCUT2D eigenvalue weighted by Crippen LogP contribution is 2.21. The lowest BCUT2D eigenvalue weighted by atomic mass is 10.4. The van der Waals surface area contributed by atoms with Crippen LogP contribution in [0.5, 0.6) is 0 Å². The molecule has 0 rings (SSSR count). The van der Waals surface area contributed by atoms with E-state index in [1.807, 2.05) is 0 Å². The third-order valence-electron chi connectivity index (χ3n) is 1.49. The van der Waals surface area contributed by atoms with Crippen LogP contribution in [0.25, 0.3) is 0 Å². The fourth-order valence-corrected chi connectivity index (χ4v) is 0.623. The maximum Gasteiger partial charge on any atom is 0.414 e. The first kappa shape index (κ1) is 13.7. The van der Waals surface area contributed by atoms with Gasteiger partial charge in [0.1, 0.15) is 0 Å². The van der Waals surface area contributed by atoms with E-state index < -0.39 is 12.3 Å². The smallest absolute Gasteiger partial charge is 0.382 e. The van der Waals surface area contributed by atoms with Crippen LogP contribution in [-0.2, 0) is 14.2 Å². The fourth-order valence-electron chi connectivity index (χ4n) is 0.623. The van der Waals surface area contributed by atoms with Gasteiger partial charge in [-0.3, -0.25) is 0 Å². The molecule has 1 atom stereocenters. The summed E-state index contributed by atoms with van der Waals surface area (Å²) >= 11 is 0. The van der Waals surface area contributed by atoms with E-state index >= 15 is 0 Å². The van der Waals surface area contributed by atoms with Crippen LogP contribution in [-0.4, -0.2) is 45.8 Å². The quantitative estimate of drug-likeness (QED) is 0.605. The molecule has 0 amide bonds. The summed E-state index contributed by atoms with van der Waals surface area (Å²) in [5.41, 5.74) is 0. The Bertz CT molecular complexity index is 138. The van der Waals surface area contributed by atoms with E-state index in [4.69, 9.17) is 4.74 Å². The second-order valence-electron chi connectivity index (χ2n) is 2.66. The van der Waals surface area contributed by atoms with Crippen molar-refractivity contribution in [2.45, 2.75) is 19.2 Å². The van der Waals surface area contributed by atoms with Crippen molar-refractivity contribution in [3.63, 3.8) is 0 Å². The molecule has 0 radical (unpaired) electrons. The number of rotatable bonds is 7. The number of hydrogen-bond donors (Lipinski definition) is 0. The maximum atomic E-state index is 11.9. The van der Waals surface area contributed by atoms with Gasteiger partial charge in [-0.25, -0.2) is 0 Å². The molecule has 3 nitrogen and oxygen atoms in total. The number of halogens is 3. The van der Waals surface area contributed by atoms with E-state index in [-0.39, 0.29) is 13.2 Å². The lowest BCUT2D eigenvalue weighted by Crippen LogP contribution is -2.29. The van der Waals surface area contributed by atoms with E-state index in [1.54, 1.807) is 0 Å². The zero-order valence-electron chi connectivity index (χ0n) is 8.26. The minimum atomic E-state index is -4.30. The number of ether oxygens (including phenoxy) is 3. The van der Waals surface area contributed by atoms with Crippen LogP contribution in [0.15, 0.2) is 0 Å². The summed E-state index contributed by atoms with van der Waals surface area (Å²) in [6.45, 7) is 1.83. The summed E-state index contributed by atoms with van der Waals surface area (Å²) in [6.07, 6.45) is -6.04. The molecule has 14 heavy (non-hydrogen) atoms. The molecule has 0 heterocycles. The van der Waals surface area contributed by atoms with Crippen molar-refractivity contribution >= 4 is 0 Å². The summed E-state index contributed by atoms with van der Waals surface area (Å²) in [7, 11) is 1.52. The van der Waals surface area contributed by atoms with Crippen LogP contribution in [0.3, 0.4) is 0 Å². The molecule has 0 N–H and O–H groups in total. The Morgan fingerprint density at radius 2 is 1.64 bits per heavy atom.